The molecule has 1 aromatic rings. The van der Waals surface area contributed by atoms with Gasteiger partial charge in [-0.2, -0.15) is 0 Å². The number of ether oxygens (including phenoxy) is 1. The summed E-state index contributed by atoms with van der Waals surface area (Å²) >= 11 is 0. The molecular formula is C15H19FN2O4. The minimum absolute atomic E-state index is 0.0615. The van der Waals surface area contributed by atoms with E-state index in [2.05, 4.69) is 10.6 Å². The lowest BCUT2D eigenvalue weighted by Gasteiger charge is -2.30. The fourth-order valence-corrected chi connectivity index (χ4v) is 2.36. The molecule has 1 aromatic carbocycles. The molecule has 6 nitrogen and oxygen atoms in total. The van der Waals surface area contributed by atoms with Crippen molar-refractivity contribution < 1.29 is 23.8 Å². The Kier molecular flexibility index (Phi) is 5.71. The van der Waals surface area contributed by atoms with Gasteiger partial charge < -0.3 is 20.5 Å². The van der Waals surface area contributed by atoms with Gasteiger partial charge in [0.05, 0.1) is 12.5 Å². The van der Waals surface area contributed by atoms with E-state index in [1.54, 1.807) is 12.1 Å². The van der Waals surface area contributed by atoms with Crippen LogP contribution in [0.3, 0.4) is 0 Å². The third-order valence-corrected chi connectivity index (χ3v) is 3.49. The summed E-state index contributed by atoms with van der Waals surface area (Å²) in [7, 11) is 0. The van der Waals surface area contributed by atoms with Gasteiger partial charge in [-0.1, -0.05) is 12.1 Å². The Morgan fingerprint density at radius 3 is 2.73 bits per heavy atom. The highest BCUT2D eigenvalue weighted by Crippen LogP contribution is 2.28. The number of halogens is 1. The highest BCUT2D eigenvalue weighted by molar-refractivity contribution is 5.75. The van der Waals surface area contributed by atoms with E-state index in [0.29, 0.717) is 19.4 Å². The Labute approximate surface area is 127 Å². The zero-order chi connectivity index (χ0) is 15.9. The van der Waals surface area contributed by atoms with Crippen LogP contribution in [0.4, 0.5) is 9.18 Å². The number of carboxylic acid groups (broad SMARTS) is 1. The minimum Gasteiger partial charge on any atom is -0.481 e. The smallest absolute Gasteiger partial charge is 0.315 e. The third-order valence-electron chi connectivity index (χ3n) is 3.49. The van der Waals surface area contributed by atoms with Crippen molar-refractivity contribution in [2.45, 2.75) is 31.4 Å². The van der Waals surface area contributed by atoms with Crippen LogP contribution in [0.2, 0.25) is 0 Å². The van der Waals surface area contributed by atoms with Crippen molar-refractivity contribution in [2.24, 2.45) is 0 Å². The zero-order valence-corrected chi connectivity index (χ0v) is 12.0. The fourth-order valence-electron chi connectivity index (χ4n) is 2.36. The first-order valence-electron chi connectivity index (χ1n) is 7.18. The van der Waals surface area contributed by atoms with E-state index in [1.807, 2.05) is 0 Å². The van der Waals surface area contributed by atoms with Gasteiger partial charge in [-0.3, -0.25) is 4.79 Å². The van der Waals surface area contributed by atoms with E-state index in [9.17, 15) is 14.0 Å². The summed E-state index contributed by atoms with van der Waals surface area (Å²) in [5, 5.41) is 13.8. The number of carbonyl (C=O) groups is 2. The molecule has 1 aliphatic rings. The van der Waals surface area contributed by atoms with Crippen LogP contribution in [-0.2, 0) is 9.53 Å². The molecule has 0 spiro atoms. The molecule has 2 amide bonds. The van der Waals surface area contributed by atoms with Crippen molar-refractivity contribution in [2.75, 3.05) is 13.2 Å². The highest BCUT2D eigenvalue weighted by atomic mass is 19.1. The molecule has 1 fully saturated rings. The number of nitrogens with one attached hydrogen (secondary N) is 2. The normalized spacial score (nSPS) is 21.1. The third kappa shape index (κ3) is 5.00. The van der Waals surface area contributed by atoms with Crippen LogP contribution in [0.25, 0.3) is 0 Å². The summed E-state index contributed by atoms with van der Waals surface area (Å²) in [6.45, 7) is 0.591. The monoisotopic (exact) mass is 310 g/mol. The number of amides is 2. The minimum atomic E-state index is -0.956. The summed E-state index contributed by atoms with van der Waals surface area (Å²) < 4.78 is 18.6. The van der Waals surface area contributed by atoms with Gasteiger partial charge in [-0.25, -0.2) is 9.18 Å². The summed E-state index contributed by atoms with van der Waals surface area (Å²) in [5.74, 6) is -1.25. The zero-order valence-electron chi connectivity index (χ0n) is 12.0. The molecule has 120 valence electrons. The van der Waals surface area contributed by atoms with Crippen molar-refractivity contribution in [3.8, 4) is 0 Å². The Morgan fingerprint density at radius 1 is 1.32 bits per heavy atom. The maximum atomic E-state index is 12.9. The van der Waals surface area contributed by atoms with Crippen LogP contribution in [0.15, 0.2) is 24.3 Å². The molecular weight excluding hydrogens is 291 g/mol. The van der Waals surface area contributed by atoms with Gasteiger partial charge in [0.2, 0.25) is 0 Å². The molecule has 2 atom stereocenters. The van der Waals surface area contributed by atoms with Crippen molar-refractivity contribution in [1.82, 2.24) is 10.6 Å². The first kappa shape index (κ1) is 16.2. The molecule has 0 bridgehead atoms. The Balaban J connectivity index is 1.81. The number of carboxylic acids is 1. The van der Waals surface area contributed by atoms with Gasteiger partial charge in [0, 0.05) is 19.2 Å². The van der Waals surface area contributed by atoms with Gasteiger partial charge in [0.1, 0.15) is 5.82 Å². The molecule has 1 aliphatic heterocycles. The number of benzene rings is 1. The van der Waals surface area contributed by atoms with Crippen LogP contribution in [0, 0.1) is 5.82 Å². The topological polar surface area (TPSA) is 87.7 Å². The predicted molar refractivity (Wildman–Crippen MR) is 76.9 cm³/mol. The average molecular weight is 310 g/mol. The fraction of sp³-hybridized carbons (Fsp3) is 0.467. The summed E-state index contributed by atoms with van der Waals surface area (Å²) in [6, 6.07) is 5.67. The molecule has 2 rings (SSSR count). The van der Waals surface area contributed by atoms with Crippen molar-refractivity contribution in [3.63, 3.8) is 0 Å². The summed E-state index contributed by atoms with van der Waals surface area (Å²) in [5.41, 5.74) is 0.874. The van der Waals surface area contributed by atoms with Crippen molar-refractivity contribution in [3.05, 3.63) is 35.6 Å². The molecule has 1 heterocycles. The van der Waals surface area contributed by atoms with Crippen molar-refractivity contribution >= 4 is 12.0 Å². The average Bonchev–Trinajstić information content (AvgIpc) is 2.48. The summed E-state index contributed by atoms with van der Waals surface area (Å²) in [4.78, 5) is 22.1. The maximum absolute atomic E-state index is 12.9. The van der Waals surface area contributed by atoms with Gasteiger partial charge in [0.25, 0.3) is 0 Å². The quantitative estimate of drug-likeness (QED) is 0.774. The number of aliphatic carboxylic acids is 1. The molecule has 0 aromatic heterocycles. The lowest BCUT2D eigenvalue weighted by Crippen LogP contribution is -2.45. The number of hydrogen-bond acceptors (Lipinski definition) is 3. The van der Waals surface area contributed by atoms with Crippen LogP contribution in [0.1, 0.15) is 30.9 Å². The first-order valence-corrected chi connectivity index (χ1v) is 7.18. The molecule has 3 N–H and O–H groups in total. The molecule has 7 heteroatoms. The second-order valence-electron chi connectivity index (χ2n) is 5.18. The lowest BCUT2D eigenvalue weighted by molar-refractivity contribution is -0.136. The number of carbonyl (C=O) groups excluding carboxylic acids is 1. The molecule has 0 aliphatic carbocycles. The van der Waals surface area contributed by atoms with E-state index in [0.717, 1.165) is 5.56 Å². The Morgan fingerprint density at radius 2 is 2.05 bits per heavy atom. The van der Waals surface area contributed by atoms with Crippen LogP contribution < -0.4 is 10.6 Å². The lowest BCUT2D eigenvalue weighted by atomic mass is 9.97. The SMILES string of the molecule is O=C(O)CCNC(=O)NC1CCOC(c2ccc(F)cc2)C1. The summed E-state index contributed by atoms with van der Waals surface area (Å²) in [6.07, 6.45) is 0.986. The number of rotatable bonds is 5. The molecule has 0 radical (unpaired) electrons. The van der Waals surface area contributed by atoms with Crippen LogP contribution in [-0.4, -0.2) is 36.3 Å². The van der Waals surface area contributed by atoms with Gasteiger partial charge in [0.15, 0.2) is 0 Å². The van der Waals surface area contributed by atoms with Gasteiger partial charge >= 0.3 is 12.0 Å². The molecule has 0 saturated carbocycles. The van der Waals surface area contributed by atoms with E-state index < -0.39 is 5.97 Å². The van der Waals surface area contributed by atoms with Gasteiger partial charge in [-0.05, 0) is 30.5 Å². The second kappa shape index (κ2) is 7.74. The van der Waals surface area contributed by atoms with E-state index in [-0.39, 0.29) is 37.0 Å². The second-order valence-corrected chi connectivity index (χ2v) is 5.18. The molecule has 22 heavy (non-hydrogen) atoms. The highest BCUT2D eigenvalue weighted by Gasteiger charge is 2.25. The molecule has 1 saturated heterocycles. The first-order chi connectivity index (χ1) is 10.5. The maximum Gasteiger partial charge on any atom is 0.315 e. The Bertz CT molecular complexity index is 521. The van der Waals surface area contributed by atoms with E-state index in [4.69, 9.17) is 9.84 Å². The van der Waals surface area contributed by atoms with Crippen LogP contribution >= 0.6 is 0 Å². The van der Waals surface area contributed by atoms with Crippen LogP contribution in [0.5, 0.6) is 0 Å². The largest absolute Gasteiger partial charge is 0.481 e. The molecule has 2 unspecified atom stereocenters. The van der Waals surface area contributed by atoms with Crippen molar-refractivity contribution in [1.29, 1.82) is 0 Å². The predicted octanol–water partition coefficient (Wildman–Crippen LogP) is 1.82. The standard InChI is InChI=1S/C15H19FN2O4/c16-11-3-1-10(2-4-11)13-9-12(6-8-22-13)18-15(21)17-7-5-14(19)20/h1-4,12-13H,5-9H2,(H,19,20)(H2,17,18,21). The van der Waals surface area contributed by atoms with E-state index in [1.165, 1.54) is 12.1 Å². The van der Waals surface area contributed by atoms with Gasteiger partial charge in [-0.15, -0.1) is 0 Å². The van der Waals surface area contributed by atoms with E-state index >= 15 is 0 Å². The Hall–Kier alpha value is -2.15. The number of hydrogen-bond donors (Lipinski definition) is 3. The number of urea groups is 1.